The standard InChI is InChI=1S/C16H18BrNOS/c1-3-18-14(16-10(2)5-7-20-16)13-9-12(17)8-11-4-6-19-15(11)13/h5,7-9,14,18H,3-4,6H2,1-2H3. The molecule has 1 atom stereocenters. The third-order valence-corrected chi connectivity index (χ3v) is 5.20. The van der Waals surface area contributed by atoms with Crippen LogP contribution in [0.15, 0.2) is 28.1 Å². The van der Waals surface area contributed by atoms with Crippen LogP contribution in [0, 0.1) is 6.92 Å². The monoisotopic (exact) mass is 351 g/mol. The minimum absolute atomic E-state index is 0.212. The van der Waals surface area contributed by atoms with Crippen molar-refractivity contribution in [2.45, 2.75) is 26.3 Å². The summed E-state index contributed by atoms with van der Waals surface area (Å²) in [5.74, 6) is 1.08. The third-order valence-electron chi connectivity index (χ3n) is 3.66. The van der Waals surface area contributed by atoms with E-state index in [2.05, 4.69) is 58.7 Å². The highest BCUT2D eigenvalue weighted by molar-refractivity contribution is 9.10. The minimum Gasteiger partial charge on any atom is -0.493 e. The summed E-state index contributed by atoms with van der Waals surface area (Å²) in [5.41, 5.74) is 3.90. The van der Waals surface area contributed by atoms with Crippen molar-refractivity contribution in [3.05, 3.63) is 49.6 Å². The zero-order chi connectivity index (χ0) is 14.1. The number of fused-ring (bicyclic) bond motifs is 1. The smallest absolute Gasteiger partial charge is 0.127 e. The molecule has 0 fully saturated rings. The molecule has 20 heavy (non-hydrogen) atoms. The average molecular weight is 352 g/mol. The van der Waals surface area contributed by atoms with Gasteiger partial charge in [-0.25, -0.2) is 0 Å². The predicted molar refractivity (Wildman–Crippen MR) is 87.9 cm³/mol. The number of thiophene rings is 1. The maximum Gasteiger partial charge on any atom is 0.127 e. The third kappa shape index (κ3) is 2.52. The van der Waals surface area contributed by atoms with Crippen LogP contribution in [-0.4, -0.2) is 13.2 Å². The Morgan fingerprint density at radius 1 is 1.45 bits per heavy atom. The highest BCUT2D eigenvalue weighted by Crippen LogP contribution is 2.40. The van der Waals surface area contributed by atoms with Crippen LogP contribution in [0.5, 0.6) is 5.75 Å². The topological polar surface area (TPSA) is 21.3 Å². The molecule has 0 saturated heterocycles. The van der Waals surface area contributed by atoms with Crippen molar-refractivity contribution in [2.75, 3.05) is 13.2 Å². The highest BCUT2D eigenvalue weighted by atomic mass is 79.9. The molecule has 1 aliphatic heterocycles. The van der Waals surface area contributed by atoms with E-state index in [0.29, 0.717) is 0 Å². The van der Waals surface area contributed by atoms with E-state index in [1.165, 1.54) is 21.6 Å². The van der Waals surface area contributed by atoms with Gasteiger partial charge in [0.1, 0.15) is 5.75 Å². The molecule has 0 saturated carbocycles. The van der Waals surface area contributed by atoms with Gasteiger partial charge in [0, 0.05) is 21.3 Å². The van der Waals surface area contributed by atoms with E-state index < -0.39 is 0 Å². The van der Waals surface area contributed by atoms with Gasteiger partial charge in [-0.3, -0.25) is 0 Å². The fraction of sp³-hybridized carbons (Fsp3) is 0.375. The van der Waals surface area contributed by atoms with Gasteiger partial charge in [0.2, 0.25) is 0 Å². The maximum absolute atomic E-state index is 5.89. The highest BCUT2D eigenvalue weighted by Gasteiger charge is 2.25. The minimum atomic E-state index is 0.212. The molecule has 3 rings (SSSR count). The lowest BCUT2D eigenvalue weighted by Gasteiger charge is -2.21. The average Bonchev–Trinajstić information content (AvgIpc) is 3.04. The first-order valence-electron chi connectivity index (χ1n) is 6.93. The molecular formula is C16H18BrNOS. The Balaban J connectivity index is 2.11. The van der Waals surface area contributed by atoms with E-state index in [4.69, 9.17) is 4.74 Å². The van der Waals surface area contributed by atoms with Crippen LogP contribution < -0.4 is 10.1 Å². The van der Waals surface area contributed by atoms with Crippen molar-refractivity contribution in [3.8, 4) is 5.75 Å². The second-order valence-electron chi connectivity index (χ2n) is 5.04. The fourth-order valence-electron chi connectivity index (χ4n) is 2.74. The summed E-state index contributed by atoms with van der Waals surface area (Å²) in [6.07, 6.45) is 1.00. The molecule has 1 aromatic heterocycles. The van der Waals surface area contributed by atoms with Crippen molar-refractivity contribution in [3.63, 3.8) is 0 Å². The number of ether oxygens (including phenoxy) is 1. The number of hydrogen-bond donors (Lipinski definition) is 1. The number of halogens is 1. The molecular weight excluding hydrogens is 334 g/mol. The van der Waals surface area contributed by atoms with E-state index in [9.17, 15) is 0 Å². The summed E-state index contributed by atoms with van der Waals surface area (Å²) < 4.78 is 7.03. The summed E-state index contributed by atoms with van der Waals surface area (Å²) >= 11 is 5.45. The molecule has 1 N–H and O–H groups in total. The lowest BCUT2D eigenvalue weighted by molar-refractivity contribution is 0.350. The summed E-state index contributed by atoms with van der Waals surface area (Å²) in [6.45, 7) is 6.05. The van der Waals surface area contributed by atoms with Gasteiger partial charge in [-0.15, -0.1) is 11.3 Å². The Bertz CT molecular complexity index is 623. The molecule has 0 radical (unpaired) electrons. The molecule has 2 heterocycles. The van der Waals surface area contributed by atoms with Gasteiger partial charge < -0.3 is 10.1 Å². The van der Waals surface area contributed by atoms with Crippen LogP contribution in [0.1, 0.15) is 34.5 Å². The first-order chi connectivity index (χ1) is 9.70. The van der Waals surface area contributed by atoms with E-state index in [1.807, 2.05) is 11.3 Å². The predicted octanol–water partition coefficient (Wildman–Crippen LogP) is 4.45. The van der Waals surface area contributed by atoms with Crippen LogP contribution in [0.4, 0.5) is 0 Å². The number of hydrogen-bond acceptors (Lipinski definition) is 3. The largest absolute Gasteiger partial charge is 0.493 e. The summed E-state index contributed by atoms with van der Waals surface area (Å²) in [6, 6.07) is 6.76. The Kier molecular flexibility index (Phi) is 4.15. The van der Waals surface area contributed by atoms with Gasteiger partial charge in [-0.2, -0.15) is 0 Å². The lowest BCUT2D eigenvalue weighted by Crippen LogP contribution is -2.22. The summed E-state index contributed by atoms with van der Waals surface area (Å²) in [4.78, 5) is 1.38. The second kappa shape index (κ2) is 5.88. The van der Waals surface area contributed by atoms with Gasteiger partial charge in [0.05, 0.1) is 12.6 Å². The van der Waals surface area contributed by atoms with Gasteiger partial charge in [-0.1, -0.05) is 22.9 Å². The van der Waals surface area contributed by atoms with E-state index in [1.54, 1.807) is 0 Å². The van der Waals surface area contributed by atoms with Crippen LogP contribution >= 0.6 is 27.3 Å². The molecule has 1 aliphatic rings. The maximum atomic E-state index is 5.89. The molecule has 2 aromatic rings. The van der Waals surface area contributed by atoms with Crippen LogP contribution in [0.2, 0.25) is 0 Å². The van der Waals surface area contributed by atoms with Crippen molar-refractivity contribution < 1.29 is 4.74 Å². The number of aryl methyl sites for hydroxylation is 1. The summed E-state index contributed by atoms with van der Waals surface area (Å²) in [5, 5.41) is 5.77. The number of nitrogens with one attached hydrogen (secondary N) is 1. The molecule has 1 unspecified atom stereocenters. The van der Waals surface area contributed by atoms with Crippen LogP contribution in [0.25, 0.3) is 0 Å². The first kappa shape index (κ1) is 14.1. The molecule has 0 spiro atoms. The quantitative estimate of drug-likeness (QED) is 0.878. The van der Waals surface area contributed by atoms with E-state index in [0.717, 1.165) is 29.8 Å². The normalized spacial score (nSPS) is 14.9. The molecule has 2 nitrogen and oxygen atoms in total. The van der Waals surface area contributed by atoms with Gasteiger partial charge >= 0.3 is 0 Å². The zero-order valence-electron chi connectivity index (χ0n) is 11.7. The molecule has 0 amide bonds. The molecule has 1 aromatic carbocycles. The van der Waals surface area contributed by atoms with Crippen LogP contribution in [0.3, 0.4) is 0 Å². The van der Waals surface area contributed by atoms with Crippen molar-refractivity contribution in [1.82, 2.24) is 5.32 Å². The SMILES string of the molecule is CCNC(c1cc(Br)cc2c1OCC2)c1sccc1C. The summed E-state index contributed by atoms with van der Waals surface area (Å²) in [7, 11) is 0. The van der Waals surface area contributed by atoms with E-state index >= 15 is 0 Å². The van der Waals surface area contributed by atoms with Crippen LogP contribution in [-0.2, 0) is 6.42 Å². The Hall–Kier alpha value is -0.840. The Labute approximate surface area is 132 Å². The second-order valence-corrected chi connectivity index (χ2v) is 6.90. The van der Waals surface area contributed by atoms with Gasteiger partial charge in [0.15, 0.2) is 0 Å². The first-order valence-corrected chi connectivity index (χ1v) is 8.60. The Morgan fingerprint density at radius 2 is 2.30 bits per heavy atom. The lowest BCUT2D eigenvalue weighted by atomic mass is 9.99. The van der Waals surface area contributed by atoms with E-state index in [-0.39, 0.29) is 6.04 Å². The van der Waals surface area contributed by atoms with Gasteiger partial charge in [0.25, 0.3) is 0 Å². The number of rotatable bonds is 4. The molecule has 106 valence electrons. The molecule has 4 heteroatoms. The molecule has 0 aliphatic carbocycles. The number of benzene rings is 1. The van der Waals surface area contributed by atoms with Gasteiger partial charge in [-0.05, 0) is 48.2 Å². The molecule has 0 bridgehead atoms. The van der Waals surface area contributed by atoms with Crippen molar-refractivity contribution in [1.29, 1.82) is 0 Å². The Morgan fingerprint density at radius 3 is 3.00 bits per heavy atom. The van der Waals surface area contributed by atoms with Crippen molar-refractivity contribution >= 4 is 27.3 Å². The fourth-order valence-corrected chi connectivity index (χ4v) is 4.28. The van der Waals surface area contributed by atoms with Crippen molar-refractivity contribution in [2.24, 2.45) is 0 Å². The zero-order valence-corrected chi connectivity index (χ0v) is 14.1.